The number of furan rings is 1. The predicted octanol–water partition coefficient (Wildman–Crippen LogP) is 4.85. The summed E-state index contributed by atoms with van der Waals surface area (Å²) in [6.45, 7) is 0. The van der Waals surface area contributed by atoms with Gasteiger partial charge in [-0.2, -0.15) is 0 Å². The molecule has 1 N–H and O–H groups in total. The predicted molar refractivity (Wildman–Crippen MR) is 105 cm³/mol. The molecular weight excluding hydrogens is 465 g/mol. The van der Waals surface area contributed by atoms with Crippen LogP contribution in [0.25, 0.3) is 22.6 Å². The molecule has 4 aromatic rings. The van der Waals surface area contributed by atoms with Crippen molar-refractivity contribution in [3.63, 3.8) is 0 Å². The summed E-state index contributed by atoms with van der Waals surface area (Å²) in [4.78, 5) is 26.6. The lowest BCUT2D eigenvalue weighted by molar-refractivity contribution is -0.402. The molecule has 0 atom stereocenters. The Kier molecular flexibility index (Phi) is 4.36. The van der Waals surface area contributed by atoms with Crippen molar-refractivity contribution in [3.8, 4) is 11.5 Å². The van der Waals surface area contributed by atoms with E-state index in [1.54, 1.807) is 18.2 Å². The van der Waals surface area contributed by atoms with Gasteiger partial charge in [0.1, 0.15) is 10.4 Å². The zero-order valence-electron chi connectivity index (χ0n) is 13.5. The third-order valence-corrected chi connectivity index (χ3v) is 4.38. The number of anilines is 1. The maximum atomic E-state index is 12.2. The first kappa shape index (κ1) is 17.2. The van der Waals surface area contributed by atoms with Crippen molar-refractivity contribution in [1.82, 2.24) is 4.98 Å². The first-order valence-electron chi connectivity index (χ1n) is 7.72. The van der Waals surface area contributed by atoms with E-state index in [0.29, 0.717) is 22.7 Å². The summed E-state index contributed by atoms with van der Waals surface area (Å²) in [5.41, 5.74) is 2.48. The average Bonchev–Trinajstić information content (AvgIpc) is 3.28. The minimum absolute atomic E-state index is 0.151. The van der Waals surface area contributed by atoms with Crippen LogP contribution in [-0.4, -0.2) is 15.8 Å². The van der Waals surface area contributed by atoms with Crippen molar-refractivity contribution in [1.29, 1.82) is 0 Å². The molecule has 0 radical (unpaired) electrons. The summed E-state index contributed by atoms with van der Waals surface area (Å²) >= 11 is 2.21. The zero-order valence-corrected chi connectivity index (χ0v) is 15.7. The van der Waals surface area contributed by atoms with Gasteiger partial charge in [-0.05, 0) is 65.1 Å². The Bertz CT molecular complexity index is 1180. The monoisotopic (exact) mass is 475 g/mol. The van der Waals surface area contributed by atoms with Crippen LogP contribution >= 0.6 is 22.6 Å². The highest BCUT2D eigenvalue weighted by atomic mass is 127. The zero-order chi connectivity index (χ0) is 19.0. The molecule has 2 aromatic carbocycles. The van der Waals surface area contributed by atoms with Crippen LogP contribution in [0.3, 0.4) is 0 Å². The molecule has 0 aliphatic heterocycles. The van der Waals surface area contributed by atoms with Gasteiger partial charge in [0, 0.05) is 14.8 Å². The SMILES string of the molecule is O=C(Nc1ccc2oc(-c3cccc(I)c3)nc2c1)c1ccc([N+](=O)[O-])o1. The van der Waals surface area contributed by atoms with Gasteiger partial charge >= 0.3 is 5.88 Å². The minimum atomic E-state index is -0.704. The number of amides is 1. The highest BCUT2D eigenvalue weighted by Gasteiger charge is 2.18. The number of rotatable bonds is 4. The van der Waals surface area contributed by atoms with Crippen LogP contribution in [0, 0.1) is 13.7 Å². The van der Waals surface area contributed by atoms with Crippen LogP contribution in [0.2, 0.25) is 0 Å². The molecule has 0 aliphatic carbocycles. The van der Waals surface area contributed by atoms with Crippen molar-refractivity contribution in [3.05, 3.63) is 74.0 Å². The molecule has 1 amide bonds. The van der Waals surface area contributed by atoms with Crippen LogP contribution in [-0.2, 0) is 0 Å². The number of hydrogen-bond acceptors (Lipinski definition) is 6. The number of nitrogens with zero attached hydrogens (tertiary/aromatic N) is 2. The number of nitro groups is 1. The van der Waals surface area contributed by atoms with Crippen LogP contribution in [0.15, 0.2) is 63.4 Å². The lowest BCUT2D eigenvalue weighted by Gasteiger charge is -2.01. The molecule has 27 heavy (non-hydrogen) atoms. The van der Waals surface area contributed by atoms with E-state index in [4.69, 9.17) is 8.83 Å². The van der Waals surface area contributed by atoms with Gasteiger partial charge in [0.2, 0.25) is 5.89 Å². The van der Waals surface area contributed by atoms with Gasteiger partial charge in [-0.25, -0.2) is 4.98 Å². The van der Waals surface area contributed by atoms with E-state index in [9.17, 15) is 14.9 Å². The molecule has 9 heteroatoms. The molecule has 8 nitrogen and oxygen atoms in total. The van der Waals surface area contributed by atoms with Crippen LogP contribution in [0.5, 0.6) is 0 Å². The summed E-state index contributed by atoms with van der Waals surface area (Å²) in [6, 6.07) is 15.1. The number of fused-ring (bicyclic) bond motifs is 1. The van der Waals surface area contributed by atoms with Gasteiger partial charge in [0.25, 0.3) is 5.91 Å². The molecule has 0 unspecified atom stereocenters. The van der Waals surface area contributed by atoms with E-state index in [1.165, 1.54) is 6.07 Å². The molecule has 0 aliphatic rings. The minimum Gasteiger partial charge on any atom is -0.436 e. The second kappa shape index (κ2) is 6.83. The molecule has 0 spiro atoms. The average molecular weight is 475 g/mol. The van der Waals surface area contributed by atoms with Crippen LogP contribution in [0.1, 0.15) is 10.6 Å². The second-order valence-electron chi connectivity index (χ2n) is 5.56. The highest BCUT2D eigenvalue weighted by Crippen LogP contribution is 2.27. The molecule has 4 rings (SSSR count). The topological polar surface area (TPSA) is 111 Å². The molecule has 0 saturated carbocycles. The first-order chi connectivity index (χ1) is 13.0. The number of benzene rings is 2. The van der Waals surface area contributed by atoms with Gasteiger partial charge in [0.05, 0.1) is 6.07 Å². The van der Waals surface area contributed by atoms with E-state index >= 15 is 0 Å². The summed E-state index contributed by atoms with van der Waals surface area (Å²) in [5, 5.41) is 13.3. The Hall–Kier alpha value is -3.21. The van der Waals surface area contributed by atoms with Crippen LogP contribution in [0.4, 0.5) is 11.6 Å². The van der Waals surface area contributed by atoms with E-state index in [1.807, 2.05) is 24.3 Å². The Morgan fingerprint density at radius 1 is 1.11 bits per heavy atom. The van der Waals surface area contributed by atoms with E-state index in [-0.39, 0.29) is 5.76 Å². The maximum Gasteiger partial charge on any atom is 0.433 e. The van der Waals surface area contributed by atoms with Crippen molar-refractivity contribution < 1.29 is 18.6 Å². The lowest BCUT2D eigenvalue weighted by Crippen LogP contribution is -2.10. The number of hydrogen-bond donors (Lipinski definition) is 1. The fraction of sp³-hybridized carbons (Fsp3) is 0. The van der Waals surface area contributed by atoms with Gasteiger partial charge in [-0.15, -0.1) is 0 Å². The van der Waals surface area contributed by atoms with Crippen LogP contribution < -0.4 is 5.32 Å². The molecule has 134 valence electrons. The summed E-state index contributed by atoms with van der Waals surface area (Å²) < 4.78 is 11.7. The third-order valence-electron chi connectivity index (χ3n) is 3.71. The second-order valence-corrected chi connectivity index (χ2v) is 6.81. The van der Waals surface area contributed by atoms with Gasteiger partial charge in [-0.3, -0.25) is 14.9 Å². The van der Waals surface area contributed by atoms with Crippen molar-refractivity contribution in [2.75, 3.05) is 5.32 Å². The number of carbonyl (C=O) groups excluding carboxylic acids is 1. The third kappa shape index (κ3) is 3.53. The number of carbonyl (C=O) groups is 1. The number of aromatic nitrogens is 1. The highest BCUT2D eigenvalue weighted by molar-refractivity contribution is 14.1. The van der Waals surface area contributed by atoms with E-state index in [0.717, 1.165) is 15.2 Å². The molecule has 2 aromatic heterocycles. The molecule has 0 bridgehead atoms. The van der Waals surface area contributed by atoms with E-state index < -0.39 is 16.7 Å². The largest absolute Gasteiger partial charge is 0.436 e. The van der Waals surface area contributed by atoms with Gasteiger partial charge in [0.15, 0.2) is 11.3 Å². The summed E-state index contributed by atoms with van der Waals surface area (Å²) in [7, 11) is 0. The standard InChI is InChI=1S/C18H10IN3O5/c19-11-3-1-2-10(8-11)18-21-13-9-12(4-5-14(13)27-18)20-17(23)15-6-7-16(26-15)22(24)25/h1-9H,(H,20,23). The number of nitrogens with one attached hydrogen (secondary N) is 1. The summed E-state index contributed by atoms with van der Waals surface area (Å²) in [5.74, 6) is -0.756. The molecule has 2 heterocycles. The van der Waals surface area contributed by atoms with Crippen molar-refractivity contribution >= 4 is 51.2 Å². The Morgan fingerprint density at radius 3 is 2.70 bits per heavy atom. The number of halogens is 1. The van der Waals surface area contributed by atoms with E-state index in [2.05, 4.69) is 32.9 Å². The first-order valence-corrected chi connectivity index (χ1v) is 8.79. The molecule has 0 saturated heterocycles. The van der Waals surface area contributed by atoms with Crippen molar-refractivity contribution in [2.45, 2.75) is 0 Å². The molecular formula is C18H10IN3O5. The maximum absolute atomic E-state index is 12.2. The smallest absolute Gasteiger partial charge is 0.433 e. The van der Waals surface area contributed by atoms with Gasteiger partial charge in [-0.1, -0.05) is 6.07 Å². The fourth-order valence-corrected chi connectivity index (χ4v) is 3.03. The fourth-order valence-electron chi connectivity index (χ4n) is 2.49. The molecule has 0 fully saturated rings. The Morgan fingerprint density at radius 2 is 1.96 bits per heavy atom. The van der Waals surface area contributed by atoms with Gasteiger partial charge < -0.3 is 14.2 Å². The number of oxazole rings is 1. The quantitative estimate of drug-likeness (QED) is 0.257. The Labute approximate surface area is 165 Å². The summed E-state index contributed by atoms with van der Waals surface area (Å²) in [6.07, 6.45) is 0. The normalized spacial score (nSPS) is 10.9. The van der Waals surface area contributed by atoms with Crippen molar-refractivity contribution in [2.24, 2.45) is 0 Å². The Balaban J connectivity index is 1.59. The lowest BCUT2D eigenvalue weighted by atomic mass is 10.2.